The van der Waals surface area contributed by atoms with Crippen molar-refractivity contribution in [2.75, 3.05) is 10.2 Å². The van der Waals surface area contributed by atoms with Crippen LogP contribution in [0, 0.1) is 6.92 Å². The van der Waals surface area contributed by atoms with Gasteiger partial charge >= 0.3 is 0 Å². The third-order valence-electron chi connectivity index (χ3n) is 3.28. The predicted molar refractivity (Wildman–Crippen MR) is 93.2 cm³/mol. The topological polar surface area (TPSA) is 49.4 Å². The SMILES string of the molecule is Cc1ccc(N2C(=O)SC(Nc3ccc(Br)cc3)C2=O)cc1. The Balaban J connectivity index is 1.79. The van der Waals surface area contributed by atoms with E-state index in [1.807, 2.05) is 43.3 Å². The molecule has 0 saturated carbocycles. The predicted octanol–water partition coefficient (Wildman–Crippen LogP) is 4.40. The van der Waals surface area contributed by atoms with E-state index in [0.717, 1.165) is 27.5 Å². The fraction of sp³-hybridized carbons (Fsp3) is 0.125. The van der Waals surface area contributed by atoms with Crippen LogP contribution in [0.5, 0.6) is 0 Å². The lowest BCUT2D eigenvalue weighted by atomic mass is 10.2. The summed E-state index contributed by atoms with van der Waals surface area (Å²) in [5.41, 5.74) is 2.49. The molecule has 112 valence electrons. The summed E-state index contributed by atoms with van der Waals surface area (Å²) in [6.45, 7) is 1.96. The normalized spacial score (nSPS) is 17.9. The van der Waals surface area contributed by atoms with Crippen molar-refractivity contribution in [2.45, 2.75) is 12.3 Å². The fourth-order valence-corrected chi connectivity index (χ4v) is 3.29. The second-order valence-electron chi connectivity index (χ2n) is 4.92. The molecule has 1 N–H and O–H groups in total. The van der Waals surface area contributed by atoms with Gasteiger partial charge in [0.05, 0.1) is 5.69 Å². The van der Waals surface area contributed by atoms with Crippen LogP contribution >= 0.6 is 27.7 Å². The number of nitrogens with zero attached hydrogens (tertiary/aromatic N) is 1. The minimum absolute atomic E-state index is 0.248. The Morgan fingerprint density at radius 3 is 2.32 bits per heavy atom. The maximum atomic E-state index is 12.5. The smallest absolute Gasteiger partial charge is 0.295 e. The van der Waals surface area contributed by atoms with E-state index in [2.05, 4.69) is 21.2 Å². The number of carbonyl (C=O) groups excluding carboxylic acids is 2. The van der Waals surface area contributed by atoms with Crippen molar-refractivity contribution < 1.29 is 9.59 Å². The zero-order valence-electron chi connectivity index (χ0n) is 11.7. The van der Waals surface area contributed by atoms with Crippen molar-refractivity contribution in [1.82, 2.24) is 0 Å². The van der Waals surface area contributed by atoms with Crippen molar-refractivity contribution in [3.63, 3.8) is 0 Å². The molecule has 1 heterocycles. The summed E-state index contributed by atoms with van der Waals surface area (Å²) in [7, 11) is 0. The summed E-state index contributed by atoms with van der Waals surface area (Å²) in [5.74, 6) is -0.248. The van der Waals surface area contributed by atoms with Gasteiger partial charge in [0.25, 0.3) is 11.1 Å². The Hall–Kier alpha value is -1.79. The van der Waals surface area contributed by atoms with Crippen LogP contribution in [-0.2, 0) is 4.79 Å². The first-order valence-electron chi connectivity index (χ1n) is 6.68. The van der Waals surface area contributed by atoms with E-state index in [1.165, 1.54) is 4.90 Å². The molecule has 2 aromatic rings. The van der Waals surface area contributed by atoms with Crippen molar-refractivity contribution in [3.05, 3.63) is 58.6 Å². The number of nitrogens with one attached hydrogen (secondary N) is 1. The second kappa shape index (κ2) is 6.14. The molecule has 1 saturated heterocycles. The Kier molecular flexibility index (Phi) is 4.22. The molecule has 1 aliphatic heterocycles. The molecule has 22 heavy (non-hydrogen) atoms. The van der Waals surface area contributed by atoms with Crippen LogP contribution in [0.2, 0.25) is 0 Å². The maximum Gasteiger partial charge on any atom is 0.295 e. The van der Waals surface area contributed by atoms with Crippen molar-refractivity contribution in [1.29, 1.82) is 0 Å². The van der Waals surface area contributed by atoms with Gasteiger partial charge in [-0.3, -0.25) is 9.59 Å². The number of benzene rings is 2. The summed E-state index contributed by atoms with van der Waals surface area (Å²) in [6, 6.07) is 14.8. The molecule has 1 fully saturated rings. The number of carbonyl (C=O) groups is 2. The number of aryl methyl sites for hydroxylation is 1. The first kappa shape index (κ1) is 15.1. The molecule has 0 aromatic heterocycles. The third kappa shape index (κ3) is 3.03. The van der Waals surface area contributed by atoms with Crippen LogP contribution in [0.3, 0.4) is 0 Å². The number of imide groups is 1. The number of thioether (sulfide) groups is 1. The average molecular weight is 377 g/mol. The summed E-state index contributed by atoms with van der Waals surface area (Å²) < 4.78 is 0.959. The van der Waals surface area contributed by atoms with Gasteiger partial charge in [-0.2, -0.15) is 0 Å². The van der Waals surface area contributed by atoms with E-state index in [4.69, 9.17) is 0 Å². The number of rotatable bonds is 3. The van der Waals surface area contributed by atoms with Crippen LogP contribution in [-0.4, -0.2) is 16.5 Å². The van der Waals surface area contributed by atoms with Gasteiger partial charge in [0.2, 0.25) is 0 Å². The third-order valence-corrected chi connectivity index (χ3v) is 4.75. The zero-order valence-corrected chi connectivity index (χ0v) is 14.1. The van der Waals surface area contributed by atoms with Crippen LogP contribution in [0.4, 0.5) is 16.2 Å². The molecule has 0 radical (unpaired) electrons. The number of hydrogen-bond acceptors (Lipinski definition) is 4. The highest BCUT2D eigenvalue weighted by Gasteiger charge is 2.40. The lowest BCUT2D eigenvalue weighted by molar-refractivity contribution is -0.116. The monoisotopic (exact) mass is 376 g/mol. The number of anilines is 2. The lowest BCUT2D eigenvalue weighted by Crippen LogP contribution is -2.34. The average Bonchev–Trinajstić information content (AvgIpc) is 2.77. The maximum absolute atomic E-state index is 12.5. The first-order chi connectivity index (χ1) is 10.5. The van der Waals surface area contributed by atoms with Crippen molar-refractivity contribution >= 4 is 50.2 Å². The van der Waals surface area contributed by atoms with E-state index in [1.54, 1.807) is 12.1 Å². The van der Waals surface area contributed by atoms with Gasteiger partial charge in [-0.05, 0) is 55.1 Å². The summed E-state index contributed by atoms with van der Waals surface area (Å²) in [5, 5.41) is 2.23. The Bertz CT molecular complexity index is 716. The summed E-state index contributed by atoms with van der Waals surface area (Å²) in [4.78, 5) is 25.9. The largest absolute Gasteiger partial charge is 0.365 e. The Morgan fingerprint density at radius 1 is 1.05 bits per heavy atom. The molecule has 2 aromatic carbocycles. The number of hydrogen-bond donors (Lipinski definition) is 1. The van der Waals surface area contributed by atoms with Gasteiger partial charge in [0.1, 0.15) is 0 Å². The van der Waals surface area contributed by atoms with Crippen molar-refractivity contribution in [3.8, 4) is 0 Å². The van der Waals surface area contributed by atoms with E-state index < -0.39 is 5.37 Å². The molecule has 0 aliphatic carbocycles. The molecule has 1 atom stereocenters. The molecule has 6 heteroatoms. The molecule has 0 bridgehead atoms. The highest BCUT2D eigenvalue weighted by Crippen LogP contribution is 2.32. The first-order valence-corrected chi connectivity index (χ1v) is 8.35. The quantitative estimate of drug-likeness (QED) is 0.862. The Labute approximate surface area is 141 Å². The number of halogens is 1. The zero-order chi connectivity index (χ0) is 15.7. The molecule has 1 unspecified atom stereocenters. The van der Waals surface area contributed by atoms with Crippen LogP contribution in [0.15, 0.2) is 53.0 Å². The van der Waals surface area contributed by atoms with Gasteiger partial charge in [0.15, 0.2) is 5.37 Å². The van der Waals surface area contributed by atoms with E-state index in [-0.39, 0.29) is 11.1 Å². The van der Waals surface area contributed by atoms with Gasteiger partial charge in [-0.25, -0.2) is 4.90 Å². The molecule has 1 aliphatic rings. The fourth-order valence-electron chi connectivity index (χ4n) is 2.13. The van der Waals surface area contributed by atoms with E-state index >= 15 is 0 Å². The van der Waals surface area contributed by atoms with Gasteiger partial charge in [-0.1, -0.05) is 33.6 Å². The van der Waals surface area contributed by atoms with Gasteiger partial charge < -0.3 is 5.32 Å². The lowest BCUT2D eigenvalue weighted by Gasteiger charge is -2.15. The molecule has 0 spiro atoms. The minimum atomic E-state index is -0.602. The highest BCUT2D eigenvalue weighted by atomic mass is 79.9. The molecular formula is C16H13BrN2O2S. The molecule has 3 rings (SSSR count). The van der Waals surface area contributed by atoms with Crippen molar-refractivity contribution in [2.24, 2.45) is 0 Å². The standard InChI is InChI=1S/C16H13BrN2O2S/c1-10-2-8-13(9-3-10)19-15(20)14(22-16(19)21)18-12-6-4-11(17)5-7-12/h2-9,14,18H,1H3. The van der Waals surface area contributed by atoms with E-state index in [0.29, 0.717) is 5.69 Å². The van der Waals surface area contributed by atoms with E-state index in [9.17, 15) is 9.59 Å². The second-order valence-corrected chi connectivity index (χ2v) is 6.90. The minimum Gasteiger partial charge on any atom is -0.365 e. The Morgan fingerprint density at radius 2 is 1.68 bits per heavy atom. The number of amides is 2. The summed E-state index contributed by atoms with van der Waals surface area (Å²) >= 11 is 4.36. The molecule has 2 amide bonds. The summed E-state index contributed by atoms with van der Waals surface area (Å²) in [6.07, 6.45) is 0. The molecular weight excluding hydrogens is 364 g/mol. The van der Waals surface area contributed by atoms with Crippen LogP contribution in [0.25, 0.3) is 0 Å². The van der Waals surface area contributed by atoms with Crippen LogP contribution < -0.4 is 10.2 Å². The van der Waals surface area contributed by atoms with Gasteiger partial charge in [-0.15, -0.1) is 0 Å². The van der Waals surface area contributed by atoms with Gasteiger partial charge in [0, 0.05) is 10.2 Å². The highest BCUT2D eigenvalue weighted by molar-refractivity contribution is 9.10. The molecule has 4 nitrogen and oxygen atoms in total. The van der Waals surface area contributed by atoms with Crippen LogP contribution in [0.1, 0.15) is 5.56 Å².